The first kappa shape index (κ1) is 14.5. The summed E-state index contributed by atoms with van der Waals surface area (Å²) in [6.45, 7) is 0.884. The molecular weight excluding hydrogens is 386 g/mol. The van der Waals surface area contributed by atoms with Crippen LogP contribution in [0.15, 0.2) is 12.1 Å². The highest BCUT2D eigenvalue weighted by molar-refractivity contribution is 14.1. The molecule has 3 rings (SSSR count). The summed E-state index contributed by atoms with van der Waals surface area (Å²) < 4.78 is 17.1. The number of rotatable bonds is 4. The van der Waals surface area contributed by atoms with Gasteiger partial charge in [-0.1, -0.05) is 25.7 Å². The Labute approximate surface area is 136 Å². The first-order valence-corrected chi connectivity index (χ1v) is 8.71. The fourth-order valence-corrected chi connectivity index (χ4v) is 3.98. The lowest BCUT2D eigenvalue weighted by atomic mass is 10.0. The summed E-state index contributed by atoms with van der Waals surface area (Å²) in [6.07, 6.45) is 7.93. The maximum absolute atomic E-state index is 13.7. The lowest BCUT2D eigenvalue weighted by Crippen LogP contribution is -2.01. The second-order valence-corrected chi connectivity index (χ2v) is 7.21. The molecule has 5 heteroatoms. The third-order valence-corrected chi connectivity index (χ3v) is 5.43. The van der Waals surface area contributed by atoms with Crippen LogP contribution >= 0.6 is 34.8 Å². The van der Waals surface area contributed by atoms with Gasteiger partial charge in [0, 0.05) is 12.6 Å². The van der Waals surface area contributed by atoms with Crippen LogP contribution in [0.4, 0.5) is 4.39 Å². The van der Waals surface area contributed by atoms with E-state index in [1.165, 1.54) is 32.1 Å². The molecule has 0 unspecified atom stereocenters. The Morgan fingerprint density at radius 3 is 2.85 bits per heavy atom. The quantitative estimate of drug-likeness (QED) is 0.534. The number of H-pyrrole nitrogens is 1. The smallest absolute Gasteiger partial charge is 0.178 e. The molecule has 0 aliphatic heterocycles. The maximum Gasteiger partial charge on any atom is 0.178 e. The molecule has 1 fully saturated rings. The van der Waals surface area contributed by atoms with Gasteiger partial charge in [0.2, 0.25) is 0 Å². The zero-order valence-electron chi connectivity index (χ0n) is 11.3. The van der Waals surface area contributed by atoms with E-state index in [0.717, 1.165) is 29.9 Å². The average Bonchev–Trinajstić information content (AvgIpc) is 3.01. The number of imidazole rings is 1. The van der Waals surface area contributed by atoms with Crippen molar-refractivity contribution in [2.24, 2.45) is 5.92 Å². The molecule has 20 heavy (non-hydrogen) atoms. The summed E-state index contributed by atoms with van der Waals surface area (Å²) in [5.41, 5.74) is 1.82. The van der Waals surface area contributed by atoms with Crippen LogP contribution in [0.3, 0.4) is 0 Å². The second-order valence-electron chi connectivity index (χ2n) is 5.66. The topological polar surface area (TPSA) is 20.7 Å². The van der Waals surface area contributed by atoms with Gasteiger partial charge in [-0.05, 0) is 59.6 Å². The SMILES string of the molecule is Fc1cc2c(cc1I)[nH]c(=S)n2CCCC1CCCC1. The molecule has 1 N–H and O–H groups in total. The minimum atomic E-state index is -0.170. The van der Waals surface area contributed by atoms with E-state index >= 15 is 0 Å². The van der Waals surface area contributed by atoms with Gasteiger partial charge < -0.3 is 9.55 Å². The highest BCUT2D eigenvalue weighted by Crippen LogP contribution is 2.29. The minimum absolute atomic E-state index is 0.170. The van der Waals surface area contributed by atoms with Gasteiger partial charge in [-0.15, -0.1) is 0 Å². The number of hydrogen-bond donors (Lipinski definition) is 1. The lowest BCUT2D eigenvalue weighted by Gasteiger charge is -2.09. The molecule has 2 nitrogen and oxygen atoms in total. The third-order valence-electron chi connectivity index (χ3n) is 4.28. The van der Waals surface area contributed by atoms with Crippen LogP contribution in [0.5, 0.6) is 0 Å². The van der Waals surface area contributed by atoms with Gasteiger partial charge in [0.05, 0.1) is 14.6 Å². The van der Waals surface area contributed by atoms with E-state index in [9.17, 15) is 4.39 Å². The molecule has 108 valence electrons. The van der Waals surface area contributed by atoms with Crippen LogP contribution in [0.25, 0.3) is 11.0 Å². The van der Waals surface area contributed by atoms with Gasteiger partial charge in [0.1, 0.15) is 5.82 Å². The summed E-state index contributed by atoms with van der Waals surface area (Å²) in [4.78, 5) is 3.18. The zero-order valence-corrected chi connectivity index (χ0v) is 14.3. The van der Waals surface area contributed by atoms with Crippen molar-refractivity contribution in [1.82, 2.24) is 9.55 Å². The Morgan fingerprint density at radius 1 is 1.35 bits per heavy atom. The standard InChI is InChI=1S/C15H18FIN2S/c16-11-8-14-13(9-12(11)17)18-15(20)19(14)7-3-6-10-4-1-2-5-10/h8-10H,1-7H2,(H,18,20). The van der Waals surface area contributed by atoms with Crippen LogP contribution in [0.1, 0.15) is 38.5 Å². The monoisotopic (exact) mass is 404 g/mol. The van der Waals surface area contributed by atoms with Crippen LogP contribution in [-0.4, -0.2) is 9.55 Å². The number of fused-ring (bicyclic) bond motifs is 1. The van der Waals surface area contributed by atoms with Crippen LogP contribution in [0.2, 0.25) is 0 Å². The first-order valence-electron chi connectivity index (χ1n) is 7.22. The number of nitrogens with one attached hydrogen (secondary N) is 1. The third kappa shape index (κ3) is 2.93. The van der Waals surface area contributed by atoms with Crippen LogP contribution in [0, 0.1) is 20.1 Å². The van der Waals surface area contributed by atoms with Crippen molar-refractivity contribution in [3.63, 3.8) is 0 Å². The predicted octanol–water partition coefficient (Wildman–Crippen LogP) is 5.41. The van der Waals surface area contributed by atoms with Gasteiger partial charge in [-0.2, -0.15) is 0 Å². The van der Waals surface area contributed by atoms with Crippen LogP contribution < -0.4 is 0 Å². The molecule has 0 atom stereocenters. The van der Waals surface area contributed by atoms with Gasteiger partial charge in [-0.25, -0.2) is 4.39 Å². The molecule has 0 spiro atoms. The summed E-state index contributed by atoms with van der Waals surface area (Å²) in [5, 5.41) is 0. The van der Waals surface area contributed by atoms with Crippen molar-refractivity contribution in [3.05, 3.63) is 26.3 Å². The number of halogens is 2. The Balaban J connectivity index is 1.78. The average molecular weight is 404 g/mol. The Bertz CT molecular complexity index is 670. The van der Waals surface area contributed by atoms with Gasteiger partial charge in [-0.3, -0.25) is 0 Å². The second kappa shape index (κ2) is 6.13. The van der Waals surface area contributed by atoms with Crippen molar-refractivity contribution in [2.75, 3.05) is 0 Å². The number of nitrogens with zero attached hydrogens (tertiary/aromatic N) is 1. The van der Waals surface area contributed by atoms with Gasteiger partial charge in [0.25, 0.3) is 0 Å². The fourth-order valence-electron chi connectivity index (χ4n) is 3.21. The van der Waals surface area contributed by atoms with E-state index in [4.69, 9.17) is 12.2 Å². The van der Waals surface area contributed by atoms with Gasteiger partial charge >= 0.3 is 0 Å². The lowest BCUT2D eigenvalue weighted by molar-refractivity contribution is 0.460. The molecule has 1 aliphatic rings. The number of benzene rings is 1. The van der Waals surface area contributed by atoms with Crippen molar-refractivity contribution in [3.8, 4) is 0 Å². The molecule has 0 amide bonds. The Kier molecular flexibility index (Phi) is 4.45. The summed E-state index contributed by atoms with van der Waals surface area (Å²) in [6, 6.07) is 3.42. The number of aromatic nitrogens is 2. The van der Waals surface area contributed by atoms with E-state index in [2.05, 4.69) is 4.98 Å². The molecule has 2 aromatic rings. The molecule has 1 aromatic carbocycles. The van der Waals surface area contributed by atoms with E-state index in [0.29, 0.717) is 8.34 Å². The highest BCUT2D eigenvalue weighted by Gasteiger charge is 2.15. The molecule has 0 bridgehead atoms. The fraction of sp³-hybridized carbons (Fsp3) is 0.533. The Hall–Kier alpha value is -0.430. The minimum Gasteiger partial charge on any atom is -0.331 e. The predicted molar refractivity (Wildman–Crippen MR) is 91.0 cm³/mol. The van der Waals surface area contributed by atoms with Gasteiger partial charge in [0.15, 0.2) is 4.77 Å². The molecule has 0 saturated heterocycles. The number of hydrogen-bond acceptors (Lipinski definition) is 1. The molecule has 0 radical (unpaired) electrons. The number of aryl methyl sites for hydroxylation is 1. The van der Waals surface area contributed by atoms with Crippen molar-refractivity contribution in [1.29, 1.82) is 0 Å². The largest absolute Gasteiger partial charge is 0.331 e. The van der Waals surface area contributed by atoms with Crippen molar-refractivity contribution >= 4 is 45.8 Å². The molecule has 1 saturated carbocycles. The van der Waals surface area contributed by atoms with E-state index < -0.39 is 0 Å². The first-order chi connectivity index (χ1) is 9.65. The molecule has 1 aromatic heterocycles. The number of aromatic amines is 1. The van der Waals surface area contributed by atoms with E-state index in [1.54, 1.807) is 6.07 Å². The summed E-state index contributed by atoms with van der Waals surface area (Å²) in [7, 11) is 0. The molecule has 1 aliphatic carbocycles. The summed E-state index contributed by atoms with van der Waals surface area (Å²) in [5.74, 6) is 0.726. The molecular formula is C15H18FIN2S. The van der Waals surface area contributed by atoms with Crippen LogP contribution in [-0.2, 0) is 6.54 Å². The van der Waals surface area contributed by atoms with E-state index in [-0.39, 0.29) is 5.82 Å². The highest BCUT2D eigenvalue weighted by atomic mass is 127. The maximum atomic E-state index is 13.7. The zero-order chi connectivity index (χ0) is 14.1. The van der Waals surface area contributed by atoms with Crippen molar-refractivity contribution < 1.29 is 4.39 Å². The normalized spacial score (nSPS) is 16.3. The van der Waals surface area contributed by atoms with Crippen molar-refractivity contribution in [2.45, 2.75) is 45.1 Å². The van der Waals surface area contributed by atoms with E-state index in [1.807, 2.05) is 33.2 Å². The summed E-state index contributed by atoms with van der Waals surface area (Å²) >= 11 is 7.38. The Morgan fingerprint density at radius 2 is 2.10 bits per heavy atom. The molecule has 1 heterocycles.